The predicted molar refractivity (Wildman–Crippen MR) is 67.1 cm³/mol. The van der Waals surface area contributed by atoms with Gasteiger partial charge in [-0.15, -0.1) is 0 Å². The van der Waals surface area contributed by atoms with E-state index in [9.17, 15) is 9.59 Å². The van der Waals surface area contributed by atoms with Crippen LogP contribution in [0.4, 0.5) is 0 Å². The lowest BCUT2D eigenvalue weighted by Gasteiger charge is -2.21. The van der Waals surface area contributed by atoms with Crippen molar-refractivity contribution in [2.24, 2.45) is 0 Å². The molecule has 2 heterocycles. The molecule has 6 heteroatoms. The maximum Gasteiger partial charge on any atom is 0.354 e. The summed E-state index contributed by atoms with van der Waals surface area (Å²) in [6.45, 7) is 3.64. The molecule has 1 amide bonds. The van der Waals surface area contributed by atoms with Gasteiger partial charge in [0.25, 0.3) is 5.91 Å². The fourth-order valence-corrected chi connectivity index (χ4v) is 2.01. The standard InChI is InChI=1S/C13H16N2O4/c1-9-8-15(6-3-7-19-9)12(16)10-4-2-5-11(14-10)13(17)18/h2,4-5,9H,3,6-8H2,1H3,(H,17,18). The summed E-state index contributed by atoms with van der Waals surface area (Å²) in [6.07, 6.45) is 0.753. The fraction of sp³-hybridized carbons (Fsp3) is 0.462. The number of carbonyl (C=O) groups excluding carboxylic acids is 1. The summed E-state index contributed by atoms with van der Waals surface area (Å²) >= 11 is 0. The van der Waals surface area contributed by atoms with E-state index < -0.39 is 5.97 Å². The van der Waals surface area contributed by atoms with E-state index in [1.54, 1.807) is 4.90 Å². The van der Waals surface area contributed by atoms with Crippen LogP contribution in [0.15, 0.2) is 18.2 Å². The van der Waals surface area contributed by atoms with Crippen molar-refractivity contribution in [2.45, 2.75) is 19.4 Å². The normalized spacial score (nSPS) is 19.8. The minimum absolute atomic E-state index is 0.0193. The van der Waals surface area contributed by atoms with Gasteiger partial charge < -0.3 is 14.7 Å². The number of rotatable bonds is 2. The number of nitrogens with zero attached hydrogens (tertiary/aromatic N) is 2. The zero-order chi connectivity index (χ0) is 13.8. The molecule has 0 saturated carbocycles. The van der Waals surface area contributed by atoms with Gasteiger partial charge in [-0.25, -0.2) is 9.78 Å². The lowest BCUT2D eigenvalue weighted by atomic mass is 10.2. The molecule has 102 valence electrons. The van der Waals surface area contributed by atoms with E-state index in [4.69, 9.17) is 9.84 Å². The molecule has 19 heavy (non-hydrogen) atoms. The molecule has 6 nitrogen and oxygen atoms in total. The van der Waals surface area contributed by atoms with Crippen molar-refractivity contribution in [3.05, 3.63) is 29.6 Å². The molecule has 0 aromatic carbocycles. The highest BCUT2D eigenvalue weighted by atomic mass is 16.5. The summed E-state index contributed by atoms with van der Waals surface area (Å²) in [5, 5.41) is 8.88. The van der Waals surface area contributed by atoms with Crippen LogP contribution >= 0.6 is 0 Å². The van der Waals surface area contributed by atoms with Crippen LogP contribution in [0.1, 0.15) is 34.3 Å². The van der Waals surface area contributed by atoms with Crippen molar-refractivity contribution in [2.75, 3.05) is 19.7 Å². The Labute approximate surface area is 111 Å². The van der Waals surface area contributed by atoms with E-state index in [0.717, 1.165) is 6.42 Å². The third kappa shape index (κ3) is 3.29. The highest BCUT2D eigenvalue weighted by Gasteiger charge is 2.22. The number of carboxylic acids is 1. The average molecular weight is 264 g/mol. The third-order valence-electron chi connectivity index (χ3n) is 2.93. The van der Waals surface area contributed by atoms with E-state index in [-0.39, 0.29) is 23.4 Å². The van der Waals surface area contributed by atoms with Crippen molar-refractivity contribution in [1.29, 1.82) is 0 Å². The molecule has 0 aliphatic carbocycles. The highest BCUT2D eigenvalue weighted by Crippen LogP contribution is 2.10. The maximum absolute atomic E-state index is 12.3. The number of hydrogen-bond donors (Lipinski definition) is 1. The van der Waals surface area contributed by atoms with E-state index >= 15 is 0 Å². The second kappa shape index (κ2) is 5.79. The summed E-state index contributed by atoms with van der Waals surface area (Å²) < 4.78 is 5.47. The molecule has 1 aromatic heterocycles. The SMILES string of the molecule is CC1CN(C(=O)c2cccc(C(=O)O)n2)CCCO1. The Balaban J connectivity index is 2.18. The smallest absolute Gasteiger partial charge is 0.354 e. The van der Waals surface area contributed by atoms with E-state index in [0.29, 0.717) is 19.7 Å². The molecular formula is C13H16N2O4. The van der Waals surface area contributed by atoms with Crippen LogP contribution in [0, 0.1) is 0 Å². The number of hydrogen-bond acceptors (Lipinski definition) is 4. The van der Waals surface area contributed by atoms with Crippen LogP contribution in [0.3, 0.4) is 0 Å². The summed E-state index contributed by atoms with van der Waals surface area (Å²) in [5.41, 5.74) is 0.0407. The molecular weight excluding hydrogens is 248 g/mol. The fourth-order valence-electron chi connectivity index (χ4n) is 2.01. The first-order valence-electron chi connectivity index (χ1n) is 6.19. The van der Waals surface area contributed by atoms with Crippen LogP contribution in [0.25, 0.3) is 0 Å². The number of pyridine rings is 1. The van der Waals surface area contributed by atoms with Crippen molar-refractivity contribution >= 4 is 11.9 Å². The zero-order valence-electron chi connectivity index (χ0n) is 10.7. The number of aromatic nitrogens is 1. The topological polar surface area (TPSA) is 79.7 Å². The Kier molecular flexibility index (Phi) is 4.11. The number of ether oxygens (including phenoxy) is 1. The Morgan fingerprint density at radius 3 is 2.89 bits per heavy atom. The average Bonchev–Trinajstić information content (AvgIpc) is 2.62. The molecule has 0 radical (unpaired) electrons. The quantitative estimate of drug-likeness (QED) is 0.863. The van der Waals surface area contributed by atoms with Crippen molar-refractivity contribution < 1.29 is 19.4 Å². The van der Waals surface area contributed by atoms with Gasteiger partial charge in [0.2, 0.25) is 0 Å². The molecule has 1 unspecified atom stereocenters. The molecule has 1 aliphatic heterocycles. The van der Waals surface area contributed by atoms with Crippen molar-refractivity contribution in [3.63, 3.8) is 0 Å². The number of aromatic carboxylic acids is 1. The molecule has 1 aliphatic rings. The zero-order valence-corrected chi connectivity index (χ0v) is 10.7. The Hall–Kier alpha value is -1.95. The van der Waals surface area contributed by atoms with Crippen molar-refractivity contribution in [1.82, 2.24) is 9.88 Å². The van der Waals surface area contributed by atoms with Crippen LogP contribution in [0.5, 0.6) is 0 Å². The minimum Gasteiger partial charge on any atom is -0.477 e. The Bertz CT molecular complexity index is 489. The predicted octanol–water partition coefficient (Wildman–Crippen LogP) is 1.03. The van der Waals surface area contributed by atoms with E-state index in [1.807, 2.05) is 6.92 Å². The summed E-state index contributed by atoms with van der Waals surface area (Å²) in [6, 6.07) is 4.43. The lowest BCUT2D eigenvalue weighted by molar-refractivity contribution is 0.0559. The maximum atomic E-state index is 12.3. The molecule has 2 rings (SSSR count). The second-order valence-electron chi connectivity index (χ2n) is 4.50. The summed E-state index contributed by atoms with van der Waals surface area (Å²) in [5.74, 6) is -1.39. The van der Waals surface area contributed by atoms with E-state index in [2.05, 4.69) is 4.98 Å². The van der Waals surface area contributed by atoms with Gasteiger partial charge >= 0.3 is 5.97 Å². The molecule has 1 N–H and O–H groups in total. The molecule has 1 atom stereocenters. The highest BCUT2D eigenvalue weighted by molar-refractivity contribution is 5.94. The monoisotopic (exact) mass is 264 g/mol. The molecule has 1 aromatic rings. The molecule has 0 bridgehead atoms. The lowest BCUT2D eigenvalue weighted by Crippen LogP contribution is -2.36. The number of carbonyl (C=O) groups is 2. The van der Waals surface area contributed by atoms with Crippen LogP contribution in [0.2, 0.25) is 0 Å². The number of carboxylic acid groups (broad SMARTS) is 1. The van der Waals surface area contributed by atoms with Gasteiger partial charge in [-0.2, -0.15) is 0 Å². The van der Waals surface area contributed by atoms with Crippen molar-refractivity contribution in [3.8, 4) is 0 Å². The third-order valence-corrected chi connectivity index (χ3v) is 2.93. The van der Waals surface area contributed by atoms with Crippen LogP contribution in [-0.2, 0) is 4.74 Å². The van der Waals surface area contributed by atoms with Gasteiger partial charge in [-0.3, -0.25) is 4.79 Å². The largest absolute Gasteiger partial charge is 0.477 e. The van der Waals surface area contributed by atoms with Gasteiger partial charge in [0, 0.05) is 19.7 Å². The first-order chi connectivity index (χ1) is 9.08. The molecule has 1 fully saturated rings. The summed E-state index contributed by atoms with van der Waals surface area (Å²) in [7, 11) is 0. The van der Waals surface area contributed by atoms with Crippen LogP contribution < -0.4 is 0 Å². The number of amides is 1. The van der Waals surface area contributed by atoms with E-state index in [1.165, 1.54) is 18.2 Å². The molecule has 0 spiro atoms. The first-order valence-corrected chi connectivity index (χ1v) is 6.19. The minimum atomic E-state index is -1.14. The van der Waals surface area contributed by atoms with Gasteiger partial charge in [0.15, 0.2) is 0 Å². The van der Waals surface area contributed by atoms with Gasteiger partial charge in [0.05, 0.1) is 6.10 Å². The second-order valence-corrected chi connectivity index (χ2v) is 4.50. The van der Waals surface area contributed by atoms with Gasteiger partial charge in [0.1, 0.15) is 11.4 Å². The van der Waals surface area contributed by atoms with Gasteiger partial charge in [-0.05, 0) is 25.5 Å². The van der Waals surface area contributed by atoms with Gasteiger partial charge in [-0.1, -0.05) is 6.07 Å². The Morgan fingerprint density at radius 2 is 2.16 bits per heavy atom. The summed E-state index contributed by atoms with van der Waals surface area (Å²) in [4.78, 5) is 28.7. The Morgan fingerprint density at radius 1 is 1.42 bits per heavy atom. The molecule has 1 saturated heterocycles. The first kappa shape index (κ1) is 13.5. The van der Waals surface area contributed by atoms with Crippen LogP contribution in [-0.4, -0.2) is 52.7 Å².